The van der Waals surface area contributed by atoms with Crippen molar-refractivity contribution in [3.63, 3.8) is 0 Å². The summed E-state index contributed by atoms with van der Waals surface area (Å²) >= 11 is 0. The first-order valence-corrected chi connectivity index (χ1v) is 19.0. The van der Waals surface area contributed by atoms with Crippen LogP contribution in [0.4, 0.5) is 34.1 Å². The number of benzene rings is 9. The molecule has 2 heteroatoms. The fraction of sp³-hybridized carbons (Fsp3) is 0.0189. The second kappa shape index (κ2) is 12.5. The highest BCUT2D eigenvalue weighted by Crippen LogP contribution is 2.66. The van der Waals surface area contributed by atoms with Gasteiger partial charge in [0.2, 0.25) is 0 Å². The van der Waals surface area contributed by atoms with E-state index in [1.54, 1.807) is 0 Å². The van der Waals surface area contributed by atoms with Gasteiger partial charge in [-0.1, -0.05) is 152 Å². The first-order chi connectivity index (χ1) is 27.3. The Morgan fingerprint density at radius 1 is 0.291 bits per heavy atom. The van der Waals surface area contributed by atoms with Gasteiger partial charge in [0.05, 0.1) is 11.1 Å². The molecule has 9 aromatic carbocycles. The molecule has 11 rings (SSSR count). The Hall–Kier alpha value is -7.16. The smallest absolute Gasteiger partial charge is 0.0727 e. The van der Waals surface area contributed by atoms with Gasteiger partial charge >= 0.3 is 0 Å². The van der Waals surface area contributed by atoms with E-state index >= 15 is 0 Å². The first kappa shape index (κ1) is 31.4. The van der Waals surface area contributed by atoms with Crippen LogP contribution in [-0.2, 0) is 5.41 Å². The van der Waals surface area contributed by atoms with E-state index in [4.69, 9.17) is 0 Å². The Morgan fingerprint density at radius 2 is 0.745 bits per heavy atom. The maximum Gasteiger partial charge on any atom is 0.0727 e. The monoisotopic (exact) mass is 700 g/mol. The maximum atomic E-state index is 2.49. The minimum absolute atomic E-state index is 0.551. The molecule has 0 radical (unpaired) electrons. The first-order valence-electron chi connectivity index (χ1n) is 19.0. The van der Waals surface area contributed by atoms with Crippen LogP contribution in [0.3, 0.4) is 0 Å². The molecule has 0 saturated carbocycles. The third-order valence-electron chi connectivity index (χ3n) is 11.6. The van der Waals surface area contributed by atoms with Crippen LogP contribution < -0.4 is 9.80 Å². The normalized spacial score (nSPS) is 14.6. The lowest BCUT2D eigenvalue weighted by atomic mass is 9.70. The maximum absolute atomic E-state index is 2.49. The molecule has 55 heavy (non-hydrogen) atoms. The lowest BCUT2D eigenvalue weighted by molar-refractivity contribution is 0.795. The zero-order valence-corrected chi connectivity index (χ0v) is 30.2. The van der Waals surface area contributed by atoms with Crippen molar-refractivity contribution in [3.05, 3.63) is 241 Å². The largest absolute Gasteiger partial charge is 0.310 e. The van der Waals surface area contributed by atoms with Crippen LogP contribution in [0.1, 0.15) is 22.3 Å². The Morgan fingerprint density at radius 3 is 1.35 bits per heavy atom. The van der Waals surface area contributed by atoms with E-state index in [0.717, 1.165) is 28.4 Å². The van der Waals surface area contributed by atoms with Gasteiger partial charge in [0.25, 0.3) is 0 Å². The fourth-order valence-corrected chi connectivity index (χ4v) is 9.45. The van der Waals surface area contributed by atoms with Gasteiger partial charge in [-0.3, -0.25) is 0 Å². The van der Waals surface area contributed by atoms with Crippen LogP contribution >= 0.6 is 0 Å². The summed E-state index contributed by atoms with van der Waals surface area (Å²) in [4.78, 5) is 4.86. The number of rotatable bonds is 6. The molecule has 0 aromatic heterocycles. The average Bonchev–Trinajstić information content (AvgIpc) is 3.72. The summed E-state index contributed by atoms with van der Waals surface area (Å²) in [6.45, 7) is 0. The molecule has 2 nitrogen and oxygen atoms in total. The molecule has 258 valence electrons. The van der Waals surface area contributed by atoms with Gasteiger partial charge in [-0.2, -0.15) is 0 Å². The van der Waals surface area contributed by atoms with Crippen molar-refractivity contribution in [1.29, 1.82) is 0 Å². The quantitative estimate of drug-likeness (QED) is 0.170. The van der Waals surface area contributed by atoms with Crippen LogP contribution in [0.5, 0.6) is 0 Å². The molecule has 1 atom stereocenters. The highest BCUT2D eigenvalue weighted by atomic mass is 15.2. The van der Waals surface area contributed by atoms with Crippen molar-refractivity contribution in [2.75, 3.05) is 9.80 Å². The Bertz CT molecular complexity index is 2790. The van der Waals surface area contributed by atoms with Gasteiger partial charge in [0.15, 0.2) is 0 Å². The van der Waals surface area contributed by atoms with Crippen molar-refractivity contribution < 1.29 is 0 Å². The van der Waals surface area contributed by atoms with Gasteiger partial charge in [0.1, 0.15) is 0 Å². The minimum Gasteiger partial charge on any atom is -0.310 e. The number of hydrogen-bond acceptors (Lipinski definition) is 2. The minimum atomic E-state index is -0.551. The number of para-hydroxylation sites is 4. The Labute approximate surface area is 321 Å². The fourth-order valence-electron chi connectivity index (χ4n) is 9.45. The zero-order valence-electron chi connectivity index (χ0n) is 30.2. The summed E-state index contributed by atoms with van der Waals surface area (Å²) in [5, 5.41) is 2.44. The molecular formula is C53H36N2. The standard InChI is InChI=1S/C53H36N2/c1-5-20-38(21-6-1)54(39-22-7-2-8-23-39)42-33-34-45-44-29-15-17-31-47(44)53(49(45)36-42)48-32-18-16-30-46(48)51-50(53)35-37-19-13-14-28-43(37)52(51)55(40-24-9-3-10-25-40)41-26-11-4-12-27-41/h1-36H. The Balaban J connectivity index is 1.27. The van der Waals surface area contributed by atoms with Crippen molar-refractivity contribution in [2.45, 2.75) is 5.41 Å². The molecule has 0 heterocycles. The highest BCUT2D eigenvalue weighted by Gasteiger charge is 2.53. The molecule has 9 aromatic rings. The molecule has 1 unspecified atom stereocenters. The highest BCUT2D eigenvalue weighted by molar-refractivity contribution is 6.12. The topological polar surface area (TPSA) is 6.48 Å². The van der Waals surface area contributed by atoms with Crippen LogP contribution in [0.25, 0.3) is 33.0 Å². The van der Waals surface area contributed by atoms with E-state index < -0.39 is 5.41 Å². The molecule has 0 amide bonds. The van der Waals surface area contributed by atoms with Crippen molar-refractivity contribution in [3.8, 4) is 22.3 Å². The number of anilines is 6. The van der Waals surface area contributed by atoms with Gasteiger partial charge in [0, 0.05) is 39.4 Å². The summed E-state index contributed by atoms with van der Waals surface area (Å²) < 4.78 is 0. The van der Waals surface area contributed by atoms with Crippen LogP contribution in [0.2, 0.25) is 0 Å². The predicted octanol–water partition coefficient (Wildman–Crippen LogP) is 14.1. The van der Waals surface area contributed by atoms with Crippen LogP contribution in [0.15, 0.2) is 218 Å². The molecule has 0 bridgehead atoms. The van der Waals surface area contributed by atoms with E-state index in [-0.39, 0.29) is 0 Å². The molecule has 0 aliphatic heterocycles. The van der Waals surface area contributed by atoms with E-state index in [1.165, 1.54) is 61.0 Å². The Kier molecular flexibility index (Phi) is 7.11. The summed E-state index contributed by atoms with van der Waals surface area (Å²) in [7, 11) is 0. The summed E-state index contributed by atoms with van der Waals surface area (Å²) in [6, 6.07) is 80.0. The average molecular weight is 701 g/mol. The summed E-state index contributed by atoms with van der Waals surface area (Å²) in [5.41, 5.74) is 16.7. The second-order valence-corrected chi connectivity index (χ2v) is 14.5. The van der Waals surface area contributed by atoms with Crippen molar-refractivity contribution in [1.82, 2.24) is 0 Å². The number of fused-ring (bicyclic) bond motifs is 11. The van der Waals surface area contributed by atoms with E-state index in [1.807, 2.05) is 0 Å². The van der Waals surface area contributed by atoms with Gasteiger partial charge in [-0.25, -0.2) is 0 Å². The van der Waals surface area contributed by atoms with E-state index in [9.17, 15) is 0 Å². The predicted molar refractivity (Wildman–Crippen MR) is 230 cm³/mol. The molecule has 0 saturated heterocycles. The molecule has 0 fully saturated rings. The molecule has 2 aliphatic rings. The van der Waals surface area contributed by atoms with Crippen molar-refractivity contribution in [2.24, 2.45) is 0 Å². The molecule has 2 aliphatic carbocycles. The second-order valence-electron chi connectivity index (χ2n) is 14.5. The van der Waals surface area contributed by atoms with Crippen LogP contribution in [-0.4, -0.2) is 0 Å². The van der Waals surface area contributed by atoms with Gasteiger partial charge in [-0.15, -0.1) is 0 Å². The number of hydrogen-bond donors (Lipinski definition) is 0. The van der Waals surface area contributed by atoms with Gasteiger partial charge in [-0.05, 0) is 111 Å². The molecule has 1 spiro atoms. The molecular weight excluding hydrogens is 665 g/mol. The van der Waals surface area contributed by atoms with E-state index in [0.29, 0.717) is 0 Å². The lowest BCUT2D eigenvalue weighted by Crippen LogP contribution is -2.26. The van der Waals surface area contributed by atoms with Gasteiger partial charge < -0.3 is 9.80 Å². The summed E-state index contributed by atoms with van der Waals surface area (Å²) in [6.07, 6.45) is 0. The third kappa shape index (κ3) is 4.62. The third-order valence-corrected chi connectivity index (χ3v) is 11.6. The number of nitrogens with zero attached hydrogens (tertiary/aromatic N) is 2. The zero-order chi connectivity index (χ0) is 36.3. The molecule has 0 N–H and O–H groups in total. The van der Waals surface area contributed by atoms with Crippen molar-refractivity contribution >= 4 is 44.9 Å². The SMILES string of the molecule is c1ccc(N(c2ccccc2)c2ccc3c(c2)C2(c4ccccc4-3)c3ccccc3-c3c2cc2ccccc2c3N(c2ccccc2)c2ccccc2)cc1. The lowest BCUT2D eigenvalue weighted by Gasteiger charge is -2.33. The van der Waals surface area contributed by atoms with Crippen LogP contribution in [0, 0.1) is 0 Å². The summed E-state index contributed by atoms with van der Waals surface area (Å²) in [5.74, 6) is 0. The van der Waals surface area contributed by atoms with E-state index in [2.05, 4.69) is 228 Å².